The molecule has 0 aliphatic carbocycles. The van der Waals surface area contributed by atoms with Crippen molar-refractivity contribution in [1.29, 1.82) is 0 Å². The van der Waals surface area contributed by atoms with E-state index in [0.29, 0.717) is 0 Å². The Morgan fingerprint density at radius 3 is 2.00 bits per heavy atom. The summed E-state index contributed by atoms with van der Waals surface area (Å²) < 4.78 is 33.9. The first-order valence-corrected chi connectivity index (χ1v) is 10.8. The standard InChI is InChI=1S/C19H12Cl4O5S/c20-11-8-13(18(23)17(25)9-11)19(29(26,27)28,12-3-1-2-4-16(12)24)10-5-6-14(21)15(22)7-10/h1-9,24-25H,(H,26,27,28). The maximum absolute atomic E-state index is 13.0. The summed E-state index contributed by atoms with van der Waals surface area (Å²) in [4.78, 5) is 0. The Balaban J connectivity index is 2.63. The van der Waals surface area contributed by atoms with Crippen molar-refractivity contribution in [2.24, 2.45) is 0 Å². The third-order valence-corrected chi connectivity index (χ3v) is 7.20. The second-order valence-corrected chi connectivity index (χ2v) is 9.28. The highest BCUT2D eigenvalue weighted by molar-refractivity contribution is 7.87. The molecule has 5 nitrogen and oxygen atoms in total. The van der Waals surface area contributed by atoms with E-state index < -0.39 is 26.4 Å². The van der Waals surface area contributed by atoms with Gasteiger partial charge in [-0.25, -0.2) is 0 Å². The summed E-state index contributed by atoms with van der Waals surface area (Å²) in [5.74, 6) is -0.968. The summed E-state index contributed by atoms with van der Waals surface area (Å²) >= 11 is 24.4. The first-order chi connectivity index (χ1) is 13.5. The molecular weight excluding hydrogens is 482 g/mol. The Kier molecular flexibility index (Phi) is 5.98. The van der Waals surface area contributed by atoms with Crippen molar-refractivity contribution < 1.29 is 23.2 Å². The summed E-state index contributed by atoms with van der Waals surface area (Å²) in [5, 5.41) is 20.4. The molecule has 0 fully saturated rings. The van der Waals surface area contributed by atoms with Crippen LogP contribution in [-0.2, 0) is 14.9 Å². The van der Waals surface area contributed by atoms with E-state index in [1.54, 1.807) is 0 Å². The highest BCUT2D eigenvalue weighted by atomic mass is 35.5. The van der Waals surface area contributed by atoms with Crippen LogP contribution in [0.5, 0.6) is 11.5 Å². The number of aromatic hydroxyl groups is 2. The van der Waals surface area contributed by atoms with Crippen LogP contribution in [0.1, 0.15) is 16.7 Å². The van der Waals surface area contributed by atoms with Gasteiger partial charge < -0.3 is 10.2 Å². The van der Waals surface area contributed by atoms with Crippen LogP contribution >= 0.6 is 46.4 Å². The van der Waals surface area contributed by atoms with Crippen molar-refractivity contribution in [3.8, 4) is 11.5 Å². The van der Waals surface area contributed by atoms with Gasteiger partial charge in [-0.05, 0) is 29.8 Å². The molecule has 3 aromatic rings. The van der Waals surface area contributed by atoms with Gasteiger partial charge in [0.25, 0.3) is 10.1 Å². The van der Waals surface area contributed by atoms with Crippen LogP contribution in [0.3, 0.4) is 0 Å². The minimum Gasteiger partial charge on any atom is -0.508 e. The van der Waals surface area contributed by atoms with Crippen LogP contribution in [0.15, 0.2) is 54.6 Å². The maximum Gasteiger partial charge on any atom is 0.283 e. The number of para-hydroxylation sites is 1. The van der Waals surface area contributed by atoms with E-state index in [1.165, 1.54) is 48.5 Å². The zero-order chi connectivity index (χ0) is 21.6. The molecule has 0 saturated carbocycles. The van der Waals surface area contributed by atoms with Crippen molar-refractivity contribution in [2.75, 3.05) is 0 Å². The van der Waals surface area contributed by atoms with Crippen molar-refractivity contribution >= 4 is 56.5 Å². The Morgan fingerprint density at radius 1 is 0.759 bits per heavy atom. The molecule has 3 rings (SSSR count). The largest absolute Gasteiger partial charge is 0.508 e. The Hall–Kier alpha value is -1.67. The molecule has 29 heavy (non-hydrogen) atoms. The van der Waals surface area contributed by atoms with Gasteiger partial charge in [0.1, 0.15) is 11.5 Å². The SMILES string of the molecule is O=S(=O)(O)C(c1ccc(Cl)c(Cl)c1)(c1ccccc1O)c1cc(Cl)cc(O)c1Cl. The smallest absolute Gasteiger partial charge is 0.283 e. The van der Waals surface area contributed by atoms with Crippen molar-refractivity contribution in [1.82, 2.24) is 0 Å². The number of hydrogen-bond donors (Lipinski definition) is 3. The van der Waals surface area contributed by atoms with E-state index in [-0.39, 0.29) is 36.8 Å². The maximum atomic E-state index is 13.0. The molecule has 152 valence electrons. The Morgan fingerprint density at radius 2 is 1.41 bits per heavy atom. The van der Waals surface area contributed by atoms with E-state index in [9.17, 15) is 23.2 Å². The quantitative estimate of drug-likeness (QED) is 0.311. The van der Waals surface area contributed by atoms with Crippen LogP contribution in [0.2, 0.25) is 20.1 Å². The van der Waals surface area contributed by atoms with Crippen LogP contribution in [0, 0.1) is 0 Å². The predicted octanol–water partition coefficient (Wildman–Crippen LogP) is 5.89. The Labute approximate surface area is 186 Å². The molecule has 3 aromatic carbocycles. The van der Waals surface area contributed by atoms with Crippen molar-refractivity contribution in [3.05, 3.63) is 91.4 Å². The molecule has 0 aliphatic heterocycles. The molecule has 0 aromatic heterocycles. The molecule has 0 heterocycles. The van der Waals surface area contributed by atoms with E-state index in [0.717, 1.165) is 6.07 Å². The normalized spacial score (nSPS) is 13.8. The molecule has 1 atom stereocenters. The fraction of sp³-hybridized carbons (Fsp3) is 0.0526. The topological polar surface area (TPSA) is 94.8 Å². The van der Waals surface area contributed by atoms with Crippen molar-refractivity contribution in [3.63, 3.8) is 0 Å². The van der Waals surface area contributed by atoms with E-state index in [1.807, 2.05) is 0 Å². The van der Waals surface area contributed by atoms with E-state index in [4.69, 9.17) is 46.4 Å². The molecular formula is C19H12Cl4O5S. The summed E-state index contributed by atoms with van der Waals surface area (Å²) in [7, 11) is -5.11. The van der Waals surface area contributed by atoms with Gasteiger partial charge in [0.05, 0.1) is 15.1 Å². The second-order valence-electron chi connectivity index (χ2n) is 6.09. The zero-order valence-corrected chi connectivity index (χ0v) is 18.1. The molecule has 1 unspecified atom stereocenters. The minimum atomic E-state index is -5.11. The zero-order valence-electron chi connectivity index (χ0n) is 14.3. The van der Waals surface area contributed by atoms with Gasteiger partial charge in [-0.1, -0.05) is 70.7 Å². The molecule has 0 saturated heterocycles. The number of phenols is 2. The van der Waals surface area contributed by atoms with Gasteiger partial charge in [-0.2, -0.15) is 8.42 Å². The monoisotopic (exact) mass is 492 g/mol. The van der Waals surface area contributed by atoms with Gasteiger partial charge in [-0.15, -0.1) is 0 Å². The molecule has 0 amide bonds. The molecule has 10 heteroatoms. The molecule has 0 bridgehead atoms. The molecule has 3 N–H and O–H groups in total. The van der Waals surface area contributed by atoms with Gasteiger partial charge in [-0.3, -0.25) is 4.55 Å². The summed E-state index contributed by atoms with van der Waals surface area (Å²) in [6.45, 7) is 0. The highest BCUT2D eigenvalue weighted by Gasteiger charge is 2.51. The average Bonchev–Trinajstić information content (AvgIpc) is 2.62. The van der Waals surface area contributed by atoms with E-state index in [2.05, 4.69) is 0 Å². The van der Waals surface area contributed by atoms with Gasteiger partial charge in [0, 0.05) is 22.2 Å². The van der Waals surface area contributed by atoms with Crippen LogP contribution in [-0.4, -0.2) is 23.2 Å². The van der Waals surface area contributed by atoms with E-state index >= 15 is 0 Å². The third-order valence-electron chi connectivity index (χ3n) is 4.39. The lowest BCUT2D eigenvalue weighted by molar-refractivity contribution is 0.439. The molecule has 0 aliphatic rings. The first kappa shape index (κ1) is 22.0. The fourth-order valence-electron chi connectivity index (χ4n) is 3.20. The van der Waals surface area contributed by atoms with Gasteiger partial charge in [0.2, 0.25) is 0 Å². The molecule has 0 radical (unpaired) electrons. The number of benzene rings is 3. The van der Waals surface area contributed by atoms with Crippen LogP contribution in [0.4, 0.5) is 0 Å². The number of hydrogen-bond acceptors (Lipinski definition) is 4. The lowest BCUT2D eigenvalue weighted by Crippen LogP contribution is -2.38. The fourth-order valence-corrected chi connectivity index (χ4v) is 5.33. The Bertz CT molecular complexity index is 1210. The lowest BCUT2D eigenvalue weighted by Gasteiger charge is -2.34. The average molecular weight is 494 g/mol. The summed E-state index contributed by atoms with van der Waals surface area (Å²) in [5.41, 5.74) is -0.601. The summed E-state index contributed by atoms with van der Waals surface area (Å²) in [6.07, 6.45) is 0. The summed E-state index contributed by atoms with van der Waals surface area (Å²) in [6, 6.07) is 11.6. The van der Waals surface area contributed by atoms with Crippen LogP contribution < -0.4 is 0 Å². The number of halogens is 4. The third kappa shape index (κ3) is 3.65. The number of phenolic OH excluding ortho intramolecular Hbond substituents is 2. The number of rotatable bonds is 4. The second kappa shape index (κ2) is 7.87. The predicted molar refractivity (Wildman–Crippen MR) is 114 cm³/mol. The molecule has 0 spiro atoms. The van der Waals surface area contributed by atoms with Crippen molar-refractivity contribution in [2.45, 2.75) is 4.75 Å². The minimum absolute atomic E-state index is 0.00464. The highest BCUT2D eigenvalue weighted by Crippen LogP contribution is 2.51. The van der Waals surface area contributed by atoms with Crippen LogP contribution in [0.25, 0.3) is 0 Å². The first-order valence-electron chi connectivity index (χ1n) is 7.89. The van der Waals surface area contributed by atoms with Gasteiger partial charge >= 0.3 is 0 Å². The lowest BCUT2D eigenvalue weighted by atomic mass is 9.83. The van der Waals surface area contributed by atoms with Gasteiger partial charge in [0.15, 0.2) is 4.75 Å².